The first-order chi connectivity index (χ1) is 12.6. The number of benzene rings is 2. The molecule has 0 saturated carbocycles. The smallest absolute Gasteiger partial charge is 0.210 e. The summed E-state index contributed by atoms with van der Waals surface area (Å²) in [6.07, 6.45) is -0.571. The van der Waals surface area contributed by atoms with Crippen molar-refractivity contribution in [3.8, 4) is 5.75 Å². The van der Waals surface area contributed by atoms with Crippen molar-refractivity contribution in [1.82, 2.24) is 10.2 Å². The summed E-state index contributed by atoms with van der Waals surface area (Å²) in [5.41, 5.74) is 3.36. The van der Waals surface area contributed by atoms with Crippen molar-refractivity contribution in [1.29, 1.82) is 0 Å². The monoisotopic (exact) mass is 387 g/mol. The molecule has 0 aliphatic heterocycles. The van der Waals surface area contributed by atoms with E-state index in [0.717, 1.165) is 20.9 Å². The number of nitrogens with zero attached hydrogens (tertiary/aromatic N) is 2. The fraction of sp³-hybridized carbons (Fsp3) is 0.263. The summed E-state index contributed by atoms with van der Waals surface area (Å²) in [6.45, 7) is 4.33. The fourth-order valence-corrected chi connectivity index (χ4v) is 3.91. The Morgan fingerprint density at radius 1 is 1.12 bits per heavy atom. The number of aromatic nitrogens is 2. The highest BCUT2D eigenvalue weighted by molar-refractivity contribution is 8.01. The Labute approximate surface area is 161 Å². The molecule has 26 heavy (non-hydrogen) atoms. The predicted molar refractivity (Wildman–Crippen MR) is 108 cm³/mol. The lowest BCUT2D eigenvalue weighted by atomic mass is 10.2. The zero-order valence-electron chi connectivity index (χ0n) is 14.7. The molecule has 1 heterocycles. The number of ether oxygens (including phenoxy) is 1. The number of anilines is 2. The van der Waals surface area contributed by atoms with Crippen LogP contribution in [0.1, 0.15) is 11.1 Å². The Kier molecular flexibility index (Phi) is 6.49. The first-order valence-corrected chi connectivity index (χ1v) is 10.1. The predicted octanol–water partition coefficient (Wildman–Crippen LogP) is 4.43. The molecule has 2 aromatic carbocycles. The van der Waals surface area contributed by atoms with E-state index in [0.29, 0.717) is 5.75 Å². The molecule has 2 N–H and O–H groups in total. The van der Waals surface area contributed by atoms with Crippen LogP contribution in [0.2, 0.25) is 0 Å². The van der Waals surface area contributed by atoms with Crippen molar-refractivity contribution in [2.24, 2.45) is 0 Å². The van der Waals surface area contributed by atoms with Gasteiger partial charge in [-0.25, -0.2) is 0 Å². The molecule has 0 bridgehead atoms. The maximum atomic E-state index is 10.1. The van der Waals surface area contributed by atoms with E-state index in [-0.39, 0.29) is 6.61 Å². The van der Waals surface area contributed by atoms with E-state index in [2.05, 4.69) is 21.6 Å². The van der Waals surface area contributed by atoms with Crippen LogP contribution in [0.4, 0.5) is 10.8 Å². The normalized spacial score (nSPS) is 12.0. The lowest BCUT2D eigenvalue weighted by Crippen LogP contribution is -2.20. The lowest BCUT2D eigenvalue weighted by molar-refractivity contribution is 0.126. The molecule has 1 aromatic heterocycles. The van der Waals surface area contributed by atoms with Gasteiger partial charge in [-0.15, -0.1) is 10.2 Å². The summed E-state index contributed by atoms with van der Waals surface area (Å²) in [6, 6.07) is 15.9. The van der Waals surface area contributed by atoms with E-state index < -0.39 is 6.10 Å². The summed E-state index contributed by atoms with van der Waals surface area (Å²) in [5.74, 6) is 1.27. The Morgan fingerprint density at radius 3 is 2.69 bits per heavy atom. The van der Waals surface area contributed by atoms with Crippen LogP contribution in [-0.4, -0.2) is 33.8 Å². The molecule has 0 saturated heterocycles. The number of hydrogen-bond donors (Lipinski definition) is 2. The Balaban J connectivity index is 1.44. The van der Waals surface area contributed by atoms with Gasteiger partial charge in [-0.05, 0) is 43.7 Å². The highest BCUT2D eigenvalue weighted by atomic mass is 32.2. The van der Waals surface area contributed by atoms with Gasteiger partial charge in [-0.1, -0.05) is 52.9 Å². The van der Waals surface area contributed by atoms with Gasteiger partial charge in [-0.2, -0.15) is 0 Å². The van der Waals surface area contributed by atoms with Crippen LogP contribution in [0.15, 0.2) is 52.9 Å². The molecular weight excluding hydrogens is 366 g/mol. The van der Waals surface area contributed by atoms with E-state index >= 15 is 0 Å². The first kappa shape index (κ1) is 18.7. The number of aliphatic hydroxyl groups is 1. The molecule has 0 unspecified atom stereocenters. The Bertz CT molecular complexity index is 837. The highest BCUT2D eigenvalue weighted by Gasteiger charge is 2.10. The zero-order valence-corrected chi connectivity index (χ0v) is 16.3. The summed E-state index contributed by atoms with van der Waals surface area (Å²) >= 11 is 2.94. The van der Waals surface area contributed by atoms with Gasteiger partial charge in [0, 0.05) is 11.4 Å². The van der Waals surface area contributed by atoms with Crippen LogP contribution in [0, 0.1) is 13.8 Å². The molecule has 0 amide bonds. The first-order valence-electron chi connectivity index (χ1n) is 8.26. The highest BCUT2D eigenvalue weighted by Crippen LogP contribution is 2.28. The maximum Gasteiger partial charge on any atom is 0.210 e. The quantitative estimate of drug-likeness (QED) is 0.557. The maximum absolute atomic E-state index is 10.1. The molecule has 7 heteroatoms. The van der Waals surface area contributed by atoms with Crippen molar-refractivity contribution in [3.63, 3.8) is 0 Å². The van der Waals surface area contributed by atoms with E-state index in [1.165, 1.54) is 34.2 Å². The molecule has 0 aliphatic carbocycles. The molecule has 0 aliphatic rings. The lowest BCUT2D eigenvalue weighted by Gasteiger charge is -2.11. The second-order valence-electron chi connectivity index (χ2n) is 5.96. The SMILES string of the molecule is Cc1ccc(OC[C@H](O)CSc2nnc(Nc3cccc(C)c3)s2)cc1. The number of aryl methyl sites for hydroxylation is 2. The van der Waals surface area contributed by atoms with Gasteiger partial charge in [0.1, 0.15) is 12.4 Å². The second kappa shape index (κ2) is 9.02. The molecule has 5 nitrogen and oxygen atoms in total. The molecule has 136 valence electrons. The third-order valence-electron chi connectivity index (χ3n) is 3.54. The van der Waals surface area contributed by atoms with Crippen LogP contribution in [0.5, 0.6) is 5.75 Å². The Morgan fingerprint density at radius 2 is 1.92 bits per heavy atom. The number of nitrogens with one attached hydrogen (secondary N) is 1. The fourth-order valence-electron chi connectivity index (χ4n) is 2.21. The summed E-state index contributed by atoms with van der Waals surface area (Å²) < 4.78 is 6.41. The van der Waals surface area contributed by atoms with Crippen LogP contribution >= 0.6 is 23.1 Å². The van der Waals surface area contributed by atoms with Gasteiger partial charge in [0.15, 0.2) is 4.34 Å². The van der Waals surface area contributed by atoms with Gasteiger partial charge in [-0.3, -0.25) is 0 Å². The van der Waals surface area contributed by atoms with E-state index in [1.54, 1.807) is 0 Å². The Hall–Kier alpha value is -2.09. The topological polar surface area (TPSA) is 67.3 Å². The van der Waals surface area contributed by atoms with Gasteiger partial charge in [0.05, 0.1) is 6.10 Å². The van der Waals surface area contributed by atoms with E-state index in [1.807, 2.05) is 56.3 Å². The van der Waals surface area contributed by atoms with Gasteiger partial charge < -0.3 is 15.2 Å². The summed E-state index contributed by atoms with van der Waals surface area (Å²) in [5, 5.41) is 22.4. The third-order valence-corrected chi connectivity index (χ3v) is 5.66. The van der Waals surface area contributed by atoms with Crippen molar-refractivity contribution < 1.29 is 9.84 Å². The minimum Gasteiger partial charge on any atom is -0.491 e. The van der Waals surface area contributed by atoms with Gasteiger partial charge in [0.2, 0.25) is 5.13 Å². The second-order valence-corrected chi connectivity index (χ2v) is 8.20. The number of thioether (sulfide) groups is 1. The van der Waals surface area contributed by atoms with Gasteiger partial charge >= 0.3 is 0 Å². The van der Waals surface area contributed by atoms with Crippen LogP contribution in [0.3, 0.4) is 0 Å². The summed E-state index contributed by atoms with van der Waals surface area (Å²) in [7, 11) is 0. The standard InChI is InChI=1S/C19H21N3O2S2/c1-13-6-8-17(9-7-13)24-11-16(23)12-25-19-22-21-18(26-19)20-15-5-3-4-14(2)10-15/h3-10,16,23H,11-12H2,1-2H3,(H,20,21)/t16-/m0/s1. The third kappa shape index (κ3) is 5.72. The molecule has 0 spiro atoms. The minimum atomic E-state index is -0.571. The number of aliphatic hydroxyl groups excluding tert-OH is 1. The average molecular weight is 388 g/mol. The van der Waals surface area contributed by atoms with Gasteiger partial charge in [0.25, 0.3) is 0 Å². The van der Waals surface area contributed by atoms with Crippen molar-refractivity contribution in [2.75, 3.05) is 17.7 Å². The molecular formula is C19H21N3O2S2. The van der Waals surface area contributed by atoms with Crippen LogP contribution in [-0.2, 0) is 0 Å². The zero-order chi connectivity index (χ0) is 18.4. The molecule has 3 aromatic rings. The molecule has 3 rings (SSSR count). The van der Waals surface area contributed by atoms with Crippen molar-refractivity contribution in [2.45, 2.75) is 24.3 Å². The summed E-state index contributed by atoms with van der Waals surface area (Å²) in [4.78, 5) is 0. The number of hydrogen-bond acceptors (Lipinski definition) is 7. The van der Waals surface area contributed by atoms with Crippen molar-refractivity contribution in [3.05, 3.63) is 59.7 Å². The van der Waals surface area contributed by atoms with Crippen molar-refractivity contribution >= 4 is 33.9 Å². The molecule has 1 atom stereocenters. The van der Waals surface area contributed by atoms with Crippen LogP contribution in [0.25, 0.3) is 0 Å². The van der Waals surface area contributed by atoms with E-state index in [4.69, 9.17) is 4.74 Å². The largest absolute Gasteiger partial charge is 0.491 e. The minimum absolute atomic E-state index is 0.253. The van der Waals surface area contributed by atoms with E-state index in [9.17, 15) is 5.11 Å². The van der Waals surface area contributed by atoms with Crippen LogP contribution < -0.4 is 10.1 Å². The molecule has 0 radical (unpaired) electrons. The average Bonchev–Trinajstić information content (AvgIpc) is 3.07. The number of rotatable bonds is 8. The molecule has 0 fully saturated rings.